The molecule has 6 heteroatoms. The summed E-state index contributed by atoms with van der Waals surface area (Å²) in [6.45, 7) is 2.21. The molecule has 3 rings (SSSR count). The minimum Gasteiger partial charge on any atom is -0.369 e. The summed E-state index contributed by atoms with van der Waals surface area (Å²) in [5, 5.41) is 3.22. The highest BCUT2D eigenvalue weighted by Gasteiger charge is 2.21. The fourth-order valence-electron chi connectivity index (χ4n) is 3.21. The fraction of sp³-hybridized carbons (Fsp3) is 0.389. The average Bonchev–Trinajstić information content (AvgIpc) is 2.56. The Bertz CT molecular complexity index is 676. The van der Waals surface area contributed by atoms with E-state index in [9.17, 15) is 4.79 Å². The number of hydrogen-bond acceptors (Lipinski definition) is 5. The van der Waals surface area contributed by atoms with Gasteiger partial charge < -0.3 is 11.1 Å². The van der Waals surface area contributed by atoms with Gasteiger partial charge in [0.2, 0.25) is 5.91 Å². The molecule has 0 aromatic carbocycles. The Morgan fingerprint density at radius 1 is 1.25 bits per heavy atom. The number of rotatable bonds is 6. The highest BCUT2D eigenvalue weighted by Crippen LogP contribution is 2.21. The smallest absolute Gasteiger partial charge is 0.231 e. The van der Waals surface area contributed by atoms with E-state index in [1.165, 1.54) is 0 Å². The zero-order chi connectivity index (χ0) is 16.8. The third-order valence-corrected chi connectivity index (χ3v) is 4.21. The molecular formula is C18H23N5O. The lowest BCUT2D eigenvalue weighted by molar-refractivity contribution is -0.119. The second-order valence-corrected chi connectivity index (χ2v) is 6.27. The van der Waals surface area contributed by atoms with E-state index < -0.39 is 0 Å². The van der Waals surface area contributed by atoms with Crippen molar-refractivity contribution < 1.29 is 4.79 Å². The first kappa shape index (κ1) is 16.4. The third kappa shape index (κ3) is 4.76. The van der Waals surface area contributed by atoms with E-state index >= 15 is 0 Å². The van der Waals surface area contributed by atoms with Gasteiger partial charge in [-0.25, -0.2) is 9.97 Å². The summed E-state index contributed by atoms with van der Waals surface area (Å²) in [6, 6.07) is 11.7. The van der Waals surface area contributed by atoms with Crippen molar-refractivity contribution in [3.63, 3.8) is 0 Å². The third-order valence-electron chi connectivity index (χ3n) is 4.21. The molecule has 2 aromatic rings. The Morgan fingerprint density at radius 2 is 2.12 bits per heavy atom. The Kier molecular flexibility index (Phi) is 5.38. The molecule has 1 saturated heterocycles. The van der Waals surface area contributed by atoms with Crippen molar-refractivity contribution in [2.24, 2.45) is 11.7 Å². The zero-order valence-corrected chi connectivity index (χ0v) is 13.7. The molecular weight excluding hydrogens is 302 g/mol. The lowest BCUT2D eigenvalue weighted by atomic mass is 9.93. The first-order valence-corrected chi connectivity index (χ1v) is 8.34. The molecule has 1 amide bonds. The van der Waals surface area contributed by atoms with Crippen LogP contribution < -0.4 is 11.1 Å². The summed E-state index contributed by atoms with van der Waals surface area (Å²) < 4.78 is 0. The van der Waals surface area contributed by atoms with E-state index in [1.807, 2.05) is 30.3 Å². The van der Waals surface area contributed by atoms with E-state index in [-0.39, 0.29) is 5.91 Å². The maximum Gasteiger partial charge on any atom is 0.231 e. The fourth-order valence-corrected chi connectivity index (χ4v) is 3.21. The van der Waals surface area contributed by atoms with Crippen LogP contribution in [-0.2, 0) is 11.2 Å². The topological polar surface area (TPSA) is 84.1 Å². The van der Waals surface area contributed by atoms with Gasteiger partial charge in [-0.2, -0.15) is 0 Å². The number of pyridine rings is 2. The van der Waals surface area contributed by atoms with Crippen LogP contribution in [0.25, 0.3) is 0 Å². The van der Waals surface area contributed by atoms with Crippen molar-refractivity contribution in [1.82, 2.24) is 14.9 Å². The molecule has 2 aromatic heterocycles. The molecule has 3 heterocycles. The maximum absolute atomic E-state index is 11.1. The Balaban J connectivity index is 1.61. The largest absolute Gasteiger partial charge is 0.369 e. The number of carbonyl (C=O) groups is 1. The second-order valence-electron chi connectivity index (χ2n) is 6.27. The molecule has 1 fully saturated rings. The number of anilines is 2. The summed E-state index contributed by atoms with van der Waals surface area (Å²) in [7, 11) is 0. The molecule has 0 aliphatic carbocycles. The molecule has 1 atom stereocenters. The number of primary amides is 1. The number of amides is 1. The SMILES string of the molecule is NC(=O)CN1CCC[C@H](Cc2cccc(Nc3ccccn3)n2)C1. The van der Waals surface area contributed by atoms with Crippen molar-refractivity contribution in [2.75, 3.05) is 25.0 Å². The molecule has 6 nitrogen and oxygen atoms in total. The second kappa shape index (κ2) is 7.88. The number of nitrogens with zero attached hydrogens (tertiary/aromatic N) is 3. The summed E-state index contributed by atoms with van der Waals surface area (Å²) in [5.41, 5.74) is 6.36. The van der Waals surface area contributed by atoms with Crippen LogP contribution in [0.5, 0.6) is 0 Å². The van der Waals surface area contributed by atoms with Crippen LogP contribution in [0, 0.1) is 5.92 Å². The molecule has 1 aliphatic heterocycles. The van der Waals surface area contributed by atoms with Gasteiger partial charge in [0.15, 0.2) is 0 Å². The molecule has 0 bridgehead atoms. The quantitative estimate of drug-likeness (QED) is 0.848. The van der Waals surface area contributed by atoms with Crippen LogP contribution in [0.3, 0.4) is 0 Å². The van der Waals surface area contributed by atoms with Gasteiger partial charge in [0.1, 0.15) is 11.6 Å². The number of nitrogens with one attached hydrogen (secondary N) is 1. The van der Waals surface area contributed by atoms with Crippen LogP contribution in [-0.4, -0.2) is 40.4 Å². The van der Waals surface area contributed by atoms with Crippen LogP contribution in [0.1, 0.15) is 18.5 Å². The predicted molar refractivity (Wildman–Crippen MR) is 93.8 cm³/mol. The molecule has 3 N–H and O–H groups in total. The van der Waals surface area contributed by atoms with Crippen molar-refractivity contribution in [1.29, 1.82) is 0 Å². The Morgan fingerprint density at radius 3 is 2.92 bits per heavy atom. The lowest BCUT2D eigenvalue weighted by Gasteiger charge is -2.31. The van der Waals surface area contributed by atoms with Crippen LogP contribution in [0.15, 0.2) is 42.6 Å². The summed E-state index contributed by atoms with van der Waals surface area (Å²) in [5.74, 6) is 1.84. The van der Waals surface area contributed by atoms with E-state index in [0.717, 1.165) is 49.7 Å². The summed E-state index contributed by atoms with van der Waals surface area (Å²) >= 11 is 0. The average molecular weight is 325 g/mol. The molecule has 0 radical (unpaired) electrons. The van der Waals surface area contributed by atoms with E-state index in [1.54, 1.807) is 6.20 Å². The number of piperidine rings is 1. The van der Waals surface area contributed by atoms with Gasteiger partial charge >= 0.3 is 0 Å². The van der Waals surface area contributed by atoms with E-state index in [0.29, 0.717) is 12.5 Å². The van der Waals surface area contributed by atoms with Gasteiger partial charge in [-0.1, -0.05) is 12.1 Å². The monoisotopic (exact) mass is 325 g/mol. The molecule has 126 valence electrons. The minimum absolute atomic E-state index is 0.254. The standard InChI is InChI=1S/C18H23N5O/c19-16(24)13-23-10-4-5-14(12-23)11-15-6-3-8-18(21-15)22-17-7-1-2-9-20-17/h1-3,6-9,14H,4-5,10-13H2,(H2,19,24)(H,20,21,22)/t14-/m1/s1. The molecule has 0 unspecified atom stereocenters. The van der Waals surface area contributed by atoms with Crippen LogP contribution in [0.4, 0.5) is 11.6 Å². The molecule has 24 heavy (non-hydrogen) atoms. The Hall–Kier alpha value is -2.47. The number of likely N-dealkylation sites (tertiary alicyclic amines) is 1. The van der Waals surface area contributed by atoms with Gasteiger partial charge in [0.25, 0.3) is 0 Å². The predicted octanol–water partition coefficient (Wildman–Crippen LogP) is 1.96. The summed E-state index contributed by atoms with van der Waals surface area (Å²) in [6.07, 6.45) is 4.92. The highest BCUT2D eigenvalue weighted by atomic mass is 16.1. The Labute approximate surface area is 142 Å². The van der Waals surface area contributed by atoms with Gasteiger partial charge in [0, 0.05) is 18.4 Å². The number of hydrogen-bond donors (Lipinski definition) is 2. The lowest BCUT2D eigenvalue weighted by Crippen LogP contribution is -2.41. The zero-order valence-electron chi connectivity index (χ0n) is 13.7. The minimum atomic E-state index is -0.254. The molecule has 0 spiro atoms. The van der Waals surface area contributed by atoms with E-state index in [4.69, 9.17) is 5.73 Å². The first-order valence-electron chi connectivity index (χ1n) is 8.34. The van der Waals surface area contributed by atoms with Crippen molar-refractivity contribution in [2.45, 2.75) is 19.3 Å². The van der Waals surface area contributed by atoms with Crippen molar-refractivity contribution in [3.8, 4) is 0 Å². The highest BCUT2D eigenvalue weighted by molar-refractivity contribution is 5.75. The van der Waals surface area contributed by atoms with Gasteiger partial charge in [0.05, 0.1) is 6.54 Å². The number of aromatic nitrogens is 2. The number of carbonyl (C=O) groups excluding carboxylic acids is 1. The van der Waals surface area contributed by atoms with Gasteiger partial charge in [-0.15, -0.1) is 0 Å². The van der Waals surface area contributed by atoms with Crippen molar-refractivity contribution >= 4 is 17.5 Å². The first-order chi connectivity index (χ1) is 11.7. The summed E-state index contributed by atoms with van der Waals surface area (Å²) in [4.78, 5) is 22.2. The molecule has 0 saturated carbocycles. The maximum atomic E-state index is 11.1. The van der Waals surface area contributed by atoms with Gasteiger partial charge in [-0.05, 0) is 56.0 Å². The van der Waals surface area contributed by atoms with Crippen LogP contribution in [0.2, 0.25) is 0 Å². The normalized spacial score (nSPS) is 18.2. The van der Waals surface area contributed by atoms with Gasteiger partial charge in [-0.3, -0.25) is 9.69 Å². The van der Waals surface area contributed by atoms with E-state index in [2.05, 4.69) is 26.3 Å². The van der Waals surface area contributed by atoms with Crippen molar-refractivity contribution in [3.05, 3.63) is 48.3 Å². The van der Waals surface area contributed by atoms with Crippen LogP contribution >= 0.6 is 0 Å². The number of nitrogens with two attached hydrogens (primary N) is 1. The molecule has 1 aliphatic rings.